The fourth-order valence-electron chi connectivity index (χ4n) is 0.895. The SMILES string of the molecule is CNc1ccc(C(C)C)nc1. The summed E-state index contributed by atoms with van der Waals surface area (Å²) in [7, 11) is 1.89. The molecule has 1 aromatic rings. The van der Waals surface area contributed by atoms with Crippen LogP contribution < -0.4 is 5.32 Å². The molecule has 0 radical (unpaired) electrons. The summed E-state index contributed by atoms with van der Waals surface area (Å²) in [5, 5.41) is 3.03. The van der Waals surface area contributed by atoms with E-state index < -0.39 is 0 Å². The van der Waals surface area contributed by atoms with Crippen LogP contribution in [0.4, 0.5) is 5.69 Å². The van der Waals surface area contributed by atoms with Gasteiger partial charge in [-0.3, -0.25) is 4.98 Å². The van der Waals surface area contributed by atoms with E-state index in [-0.39, 0.29) is 0 Å². The second-order valence-corrected chi connectivity index (χ2v) is 2.88. The van der Waals surface area contributed by atoms with E-state index in [1.807, 2.05) is 19.3 Å². The molecule has 60 valence electrons. The fourth-order valence-corrected chi connectivity index (χ4v) is 0.895. The van der Waals surface area contributed by atoms with Crippen molar-refractivity contribution >= 4 is 5.69 Å². The predicted molar refractivity (Wildman–Crippen MR) is 47.9 cm³/mol. The highest BCUT2D eigenvalue weighted by Gasteiger charge is 1.98. The summed E-state index contributed by atoms with van der Waals surface area (Å²) >= 11 is 0. The number of pyridine rings is 1. The third-order valence-corrected chi connectivity index (χ3v) is 1.67. The topological polar surface area (TPSA) is 24.9 Å². The van der Waals surface area contributed by atoms with E-state index in [0.29, 0.717) is 5.92 Å². The number of aromatic nitrogens is 1. The van der Waals surface area contributed by atoms with E-state index in [2.05, 4.69) is 30.2 Å². The van der Waals surface area contributed by atoms with Crippen LogP contribution in [0.3, 0.4) is 0 Å². The molecule has 0 aliphatic heterocycles. The molecule has 0 spiro atoms. The van der Waals surface area contributed by atoms with E-state index in [4.69, 9.17) is 0 Å². The van der Waals surface area contributed by atoms with Gasteiger partial charge in [0.05, 0.1) is 11.9 Å². The molecule has 1 N–H and O–H groups in total. The van der Waals surface area contributed by atoms with Crippen LogP contribution in [-0.4, -0.2) is 12.0 Å². The zero-order valence-electron chi connectivity index (χ0n) is 7.26. The third-order valence-electron chi connectivity index (χ3n) is 1.67. The predicted octanol–water partition coefficient (Wildman–Crippen LogP) is 2.25. The van der Waals surface area contributed by atoms with E-state index in [1.165, 1.54) is 0 Å². The van der Waals surface area contributed by atoms with Gasteiger partial charge in [-0.25, -0.2) is 0 Å². The summed E-state index contributed by atoms with van der Waals surface area (Å²) < 4.78 is 0. The Morgan fingerprint density at radius 1 is 1.36 bits per heavy atom. The molecular formula is C9H14N2. The maximum Gasteiger partial charge on any atom is 0.0524 e. The Labute approximate surface area is 67.7 Å². The lowest BCUT2D eigenvalue weighted by Gasteiger charge is -2.04. The molecule has 0 saturated heterocycles. The van der Waals surface area contributed by atoms with Crippen molar-refractivity contribution in [1.82, 2.24) is 4.98 Å². The van der Waals surface area contributed by atoms with Crippen molar-refractivity contribution in [3.8, 4) is 0 Å². The van der Waals surface area contributed by atoms with Crippen LogP contribution in [0.25, 0.3) is 0 Å². The van der Waals surface area contributed by atoms with Gasteiger partial charge in [0.25, 0.3) is 0 Å². The second kappa shape index (κ2) is 3.37. The van der Waals surface area contributed by atoms with Gasteiger partial charge >= 0.3 is 0 Å². The second-order valence-electron chi connectivity index (χ2n) is 2.88. The molecule has 2 heteroatoms. The van der Waals surface area contributed by atoms with Gasteiger partial charge in [-0.2, -0.15) is 0 Å². The normalized spacial score (nSPS) is 10.2. The minimum Gasteiger partial charge on any atom is -0.387 e. The molecule has 0 unspecified atom stereocenters. The van der Waals surface area contributed by atoms with Gasteiger partial charge in [0.1, 0.15) is 0 Å². The van der Waals surface area contributed by atoms with Gasteiger partial charge in [-0.05, 0) is 18.1 Å². The van der Waals surface area contributed by atoms with Crippen molar-refractivity contribution in [1.29, 1.82) is 0 Å². The molecule has 1 aromatic heterocycles. The van der Waals surface area contributed by atoms with E-state index in [0.717, 1.165) is 11.4 Å². The lowest BCUT2D eigenvalue weighted by atomic mass is 10.1. The van der Waals surface area contributed by atoms with E-state index in [1.54, 1.807) is 0 Å². The summed E-state index contributed by atoms with van der Waals surface area (Å²) in [6.07, 6.45) is 1.86. The maximum atomic E-state index is 4.29. The lowest BCUT2D eigenvalue weighted by molar-refractivity contribution is 0.823. The summed E-state index contributed by atoms with van der Waals surface area (Å²) in [4.78, 5) is 4.29. The first kappa shape index (κ1) is 8.05. The Bertz CT molecular complexity index is 214. The maximum absolute atomic E-state index is 4.29. The van der Waals surface area contributed by atoms with Crippen molar-refractivity contribution in [2.24, 2.45) is 0 Å². The largest absolute Gasteiger partial charge is 0.387 e. The fraction of sp³-hybridized carbons (Fsp3) is 0.444. The van der Waals surface area contributed by atoms with Crippen LogP contribution in [0.2, 0.25) is 0 Å². The molecule has 11 heavy (non-hydrogen) atoms. The van der Waals surface area contributed by atoms with Crippen LogP contribution in [0.1, 0.15) is 25.5 Å². The van der Waals surface area contributed by atoms with Crippen LogP contribution in [0.15, 0.2) is 18.3 Å². The van der Waals surface area contributed by atoms with E-state index >= 15 is 0 Å². The number of rotatable bonds is 2. The van der Waals surface area contributed by atoms with Gasteiger partial charge in [0.2, 0.25) is 0 Å². The smallest absolute Gasteiger partial charge is 0.0524 e. The highest BCUT2D eigenvalue weighted by molar-refractivity contribution is 5.40. The van der Waals surface area contributed by atoms with Gasteiger partial charge in [-0.15, -0.1) is 0 Å². The minimum atomic E-state index is 0.515. The van der Waals surface area contributed by atoms with Gasteiger partial charge in [0, 0.05) is 12.7 Å². The number of nitrogens with zero attached hydrogens (tertiary/aromatic N) is 1. The highest BCUT2D eigenvalue weighted by atomic mass is 14.8. The highest BCUT2D eigenvalue weighted by Crippen LogP contribution is 2.12. The Kier molecular flexibility index (Phi) is 2.47. The molecule has 0 saturated carbocycles. The van der Waals surface area contributed by atoms with Crippen LogP contribution in [0, 0.1) is 0 Å². The Hall–Kier alpha value is -1.05. The number of anilines is 1. The molecule has 1 heterocycles. The molecule has 0 aromatic carbocycles. The first-order chi connectivity index (χ1) is 5.24. The zero-order chi connectivity index (χ0) is 8.27. The van der Waals surface area contributed by atoms with Crippen molar-refractivity contribution in [2.75, 3.05) is 12.4 Å². The molecule has 0 aliphatic carbocycles. The van der Waals surface area contributed by atoms with Gasteiger partial charge in [0.15, 0.2) is 0 Å². The molecule has 0 fully saturated rings. The molecule has 1 rings (SSSR count). The summed E-state index contributed by atoms with van der Waals surface area (Å²) in [5.74, 6) is 0.515. The first-order valence-corrected chi connectivity index (χ1v) is 3.87. The average molecular weight is 150 g/mol. The number of hydrogen-bond acceptors (Lipinski definition) is 2. The summed E-state index contributed by atoms with van der Waals surface area (Å²) in [6, 6.07) is 4.10. The minimum absolute atomic E-state index is 0.515. The molecule has 0 amide bonds. The van der Waals surface area contributed by atoms with Crippen molar-refractivity contribution in [2.45, 2.75) is 19.8 Å². The van der Waals surface area contributed by atoms with Crippen molar-refractivity contribution in [3.05, 3.63) is 24.0 Å². The average Bonchev–Trinajstić information content (AvgIpc) is 2.05. The standard InChI is InChI=1S/C9H14N2/c1-7(2)9-5-4-8(10-3)6-11-9/h4-7,10H,1-3H3. The van der Waals surface area contributed by atoms with Crippen molar-refractivity contribution < 1.29 is 0 Å². The molecule has 0 aliphatic rings. The lowest BCUT2D eigenvalue weighted by Crippen LogP contribution is -1.94. The zero-order valence-corrected chi connectivity index (χ0v) is 7.26. The van der Waals surface area contributed by atoms with Gasteiger partial charge in [-0.1, -0.05) is 13.8 Å². The summed E-state index contributed by atoms with van der Waals surface area (Å²) in [6.45, 7) is 4.28. The third kappa shape index (κ3) is 1.93. The van der Waals surface area contributed by atoms with Crippen LogP contribution in [0.5, 0.6) is 0 Å². The van der Waals surface area contributed by atoms with Crippen molar-refractivity contribution in [3.63, 3.8) is 0 Å². The quantitative estimate of drug-likeness (QED) is 0.699. The molecular weight excluding hydrogens is 136 g/mol. The monoisotopic (exact) mass is 150 g/mol. The number of hydrogen-bond donors (Lipinski definition) is 1. The molecule has 0 atom stereocenters. The first-order valence-electron chi connectivity index (χ1n) is 3.87. The molecule has 0 bridgehead atoms. The summed E-state index contributed by atoms with van der Waals surface area (Å²) in [5.41, 5.74) is 2.21. The Morgan fingerprint density at radius 2 is 2.09 bits per heavy atom. The molecule has 2 nitrogen and oxygen atoms in total. The Balaban J connectivity index is 2.83. The van der Waals surface area contributed by atoms with Gasteiger partial charge < -0.3 is 5.32 Å². The Morgan fingerprint density at radius 3 is 2.45 bits per heavy atom. The van der Waals surface area contributed by atoms with Crippen LogP contribution >= 0.6 is 0 Å². The van der Waals surface area contributed by atoms with Crippen LogP contribution in [-0.2, 0) is 0 Å². The van der Waals surface area contributed by atoms with E-state index in [9.17, 15) is 0 Å². The number of nitrogens with one attached hydrogen (secondary N) is 1.